The Hall–Kier alpha value is -2.89. The molecule has 1 heterocycles. The van der Waals surface area contributed by atoms with E-state index in [1.54, 1.807) is 6.07 Å². The smallest absolute Gasteiger partial charge is 0.228 e. The lowest BCUT2D eigenvalue weighted by Crippen LogP contribution is -2.36. The van der Waals surface area contributed by atoms with Gasteiger partial charge in [0.2, 0.25) is 11.8 Å². The molecule has 0 aromatic heterocycles. The first-order chi connectivity index (χ1) is 12.4. The monoisotopic (exact) mass is 356 g/mol. The number of carbonyl (C=O) groups is 2. The number of anilines is 1. The lowest BCUT2D eigenvalue weighted by molar-refractivity contribution is -0.126. The van der Waals surface area contributed by atoms with Gasteiger partial charge in [0, 0.05) is 12.1 Å². The molecule has 0 fully saturated rings. The predicted octanol–water partition coefficient (Wildman–Crippen LogP) is 3.06. The second-order valence-electron chi connectivity index (χ2n) is 6.44. The van der Waals surface area contributed by atoms with Crippen molar-refractivity contribution in [3.8, 4) is 5.75 Å². The van der Waals surface area contributed by atoms with Gasteiger partial charge in [-0.2, -0.15) is 0 Å². The number of nitrogens with one attached hydrogen (secondary N) is 2. The minimum absolute atomic E-state index is 0.0440. The summed E-state index contributed by atoms with van der Waals surface area (Å²) in [4.78, 5) is 24.3. The largest absolute Gasteiger partial charge is 0.491 e. The SMILES string of the molecule is Cc1ccc(OCCNC(=O)[C@@H]2CC(=O)Nc3cc(F)ccc32)c(C)c1. The molecule has 2 amide bonds. The van der Waals surface area contributed by atoms with Crippen LogP contribution in [0.3, 0.4) is 0 Å². The quantitative estimate of drug-likeness (QED) is 0.809. The van der Waals surface area contributed by atoms with Crippen molar-refractivity contribution in [2.24, 2.45) is 0 Å². The average molecular weight is 356 g/mol. The topological polar surface area (TPSA) is 67.4 Å². The van der Waals surface area contributed by atoms with Crippen LogP contribution in [0.1, 0.15) is 29.0 Å². The van der Waals surface area contributed by atoms with E-state index < -0.39 is 11.7 Å². The summed E-state index contributed by atoms with van der Waals surface area (Å²) in [5.74, 6) is -0.859. The molecule has 0 aliphatic carbocycles. The minimum Gasteiger partial charge on any atom is -0.491 e. The van der Waals surface area contributed by atoms with Crippen LogP contribution in [0, 0.1) is 19.7 Å². The molecule has 0 radical (unpaired) electrons. The van der Waals surface area contributed by atoms with Gasteiger partial charge in [-0.3, -0.25) is 9.59 Å². The van der Waals surface area contributed by atoms with Gasteiger partial charge in [0.25, 0.3) is 0 Å². The van der Waals surface area contributed by atoms with Crippen molar-refractivity contribution in [3.63, 3.8) is 0 Å². The molecule has 26 heavy (non-hydrogen) atoms. The predicted molar refractivity (Wildman–Crippen MR) is 96.8 cm³/mol. The lowest BCUT2D eigenvalue weighted by atomic mass is 9.89. The summed E-state index contributed by atoms with van der Waals surface area (Å²) in [7, 11) is 0. The molecule has 0 saturated carbocycles. The van der Waals surface area contributed by atoms with E-state index in [9.17, 15) is 14.0 Å². The zero-order valence-electron chi connectivity index (χ0n) is 14.8. The number of fused-ring (bicyclic) bond motifs is 1. The number of hydrogen-bond donors (Lipinski definition) is 2. The summed E-state index contributed by atoms with van der Waals surface area (Å²) in [6, 6.07) is 9.97. The fourth-order valence-corrected chi connectivity index (χ4v) is 3.09. The highest BCUT2D eigenvalue weighted by atomic mass is 19.1. The first kappa shape index (κ1) is 17.9. The van der Waals surface area contributed by atoms with Crippen molar-refractivity contribution in [2.45, 2.75) is 26.2 Å². The second kappa shape index (κ2) is 7.56. The zero-order valence-corrected chi connectivity index (χ0v) is 14.8. The van der Waals surface area contributed by atoms with E-state index in [-0.39, 0.29) is 18.2 Å². The second-order valence-corrected chi connectivity index (χ2v) is 6.44. The van der Waals surface area contributed by atoms with E-state index in [0.717, 1.165) is 16.9 Å². The van der Waals surface area contributed by atoms with Crippen LogP contribution in [0.2, 0.25) is 0 Å². The molecule has 3 rings (SSSR count). The van der Waals surface area contributed by atoms with E-state index in [0.29, 0.717) is 24.4 Å². The number of carbonyl (C=O) groups excluding carboxylic acids is 2. The highest BCUT2D eigenvalue weighted by molar-refractivity contribution is 6.01. The highest BCUT2D eigenvalue weighted by Crippen LogP contribution is 2.32. The molecular formula is C20H21FN2O3. The van der Waals surface area contributed by atoms with Crippen LogP contribution in [0.25, 0.3) is 0 Å². The molecule has 5 nitrogen and oxygen atoms in total. The van der Waals surface area contributed by atoms with Crippen LogP contribution in [-0.4, -0.2) is 25.0 Å². The fourth-order valence-electron chi connectivity index (χ4n) is 3.09. The molecular weight excluding hydrogens is 335 g/mol. The van der Waals surface area contributed by atoms with Gasteiger partial charge in [0.15, 0.2) is 0 Å². The number of rotatable bonds is 5. The average Bonchev–Trinajstić information content (AvgIpc) is 2.58. The Morgan fingerprint density at radius 2 is 2.08 bits per heavy atom. The third kappa shape index (κ3) is 4.02. The van der Waals surface area contributed by atoms with Crippen molar-refractivity contribution in [2.75, 3.05) is 18.5 Å². The molecule has 2 aromatic rings. The normalized spacial score (nSPS) is 15.8. The van der Waals surface area contributed by atoms with E-state index in [4.69, 9.17) is 4.74 Å². The molecule has 136 valence electrons. The van der Waals surface area contributed by atoms with Crippen molar-refractivity contribution in [1.82, 2.24) is 5.32 Å². The van der Waals surface area contributed by atoms with Gasteiger partial charge in [-0.1, -0.05) is 23.8 Å². The maximum absolute atomic E-state index is 13.3. The summed E-state index contributed by atoms with van der Waals surface area (Å²) in [6.07, 6.45) is 0.0440. The van der Waals surface area contributed by atoms with E-state index in [1.807, 2.05) is 32.0 Å². The van der Waals surface area contributed by atoms with Crippen LogP contribution in [-0.2, 0) is 9.59 Å². The van der Waals surface area contributed by atoms with Crippen molar-refractivity contribution < 1.29 is 18.7 Å². The maximum atomic E-state index is 13.3. The standard InChI is InChI=1S/C20H21FN2O3/c1-12-3-6-18(13(2)9-12)26-8-7-22-20(25)16-11-19(24)23-17-10-14(21)4-5-15(16)17/h3-6,9-10,16H,7-8,11H2,1-2H3,(H,22,25)(H,23,24)/t16-/m1/s1. The lowest BCUT2D eigenvalue weighted by Gasteiger charge is -2.25. The van der Waals surface area contributed by atoms with Gasteiger partial charge >= 0.3 is 0 Å². The Balaban J connectivity index is 1.58. The van der Waals surface area contributed by atoms with Gasteiger partial charge in [-0.25, -0.2) is 4.39 Å². The molecule has 0 saturated heterocycles. The van der Waals surface area contributed by atoms with Crippen LogP contribution in [0.5, 0.6) is 5.75 Å². The molecule has 2 N–H and O–H groups in total. The summed E-state index contributed by atoms with van der Waals surface area (Å²) in [6.45, 7) is 4.63. The Bertz CT molecular complexity index is 851. The van der Waals surface area contributed by atoms with E-state index in [2.05, 4.69) is 10.6 Å². The van der Waals surface area contributed by atoms with Crippen LogP contribution in [0.4, 0.5) is 10.1 Å². The molecule has 0 unspecified atom stereocenters. The third-order valence-electron chi connectivity index (χ3n) is 4.36. The molecule has 1 aliphatic rings. The first-order valence-corrected chi connectivity index (χ1v) is 8.51. The molecule has 0 spiro atoms. The van der Waals surface area contributed by atoms with Crippen LogP contribution < -0.4 is 15.4 Å². The molecule has 1 aliphatic heterocycles. The fraction of sp³-hybridized carbons (Fsp3) is 0.300. The van der Waals surface area contributed by atoms with Gasteiger partial charge in [0.1, 0.15) is 18.2 Å². The molecule has 6 heteroatoms. The van der Waals surface area contributed by atoms with E-state index in [1.165, 1.54) is 12.1 Å². The number of benzene rings is 2. The van der Waals surface area contributed by atoms with E-state index >= 15 is 0 Å². The molecule has 0 bridgehead atoms. The summed E-state index contributed by atoms with van der Waals surface area (Å²) >= 11 is 0. The maximum Gasteiger partial charge on any atom is 0.228 e. The number of ether oxygens (including phenoxy) is 1. The number of hydrogen-bond acceptors (Lipinski definition) is 3. The van der Waals surface area contributed by atoms with Gasteiger partial charge in [-0.15, -0.1) is 0 Å². The first-order valence-electron chi connectivity index (χ1n) is 8.51. The summed E-state index contributed by atoms with van der Waals surface area (Å²) < 4.78 is 19.0. The van der Waals surface area contributed by atoms with Crippen molar-refractivity contribution in [3.05, 3.63) is 58.9 Å². The Morgan fingerprint density at radius 3 is 2.85 bits per heavy atom. The van der Waals surface area contributed by atoms with Crippen molar-refractivity contribution >= 4 is 17.5 Å². The zero-order chi connectivity index (χ0) is 18.7. The van der Waals surface area contributed by atoms with Gasteiger partial charge in [0.05, 0.1) is 12.5 Å². The number of amides is 2. The minimum atomic E-state index is -0.625. The molecule has 1 atom stereocenters. The van der Waals surface area contributed by atoms with Gasteiger partial charge < -0.3 is 15.4 Å². The molecule has 2 aromatic carbocycles. The summed E-state index contributed by atoms with van der Waals surface area (Å²) in [5, 5.41) is 5.39. The number of aryl methyl sites for hydroxylation is 2. The van der Waals surface area contributed by atoms with Crippen molar-refractivity contribution in [1.29, 1.82) is 0 Å². The Labute approximate surface area is 151 Å². The Kier molecular flexibility index (Phi) is 5.21. The van der Waals surface area contributed by atoms with Crippen LogP contribution in [0.15, 0.2) is 36.4 Å². The summed E-state index contributed by atoms with van der Waals surface area (Å²) in [5.41, 5.74) is 3.18. The highest BCUT2D eigenvalue weighted by Gasteiger charge is 2.30. The number of halogens is 1. The third-order valence-corrected chi connectivity index (χ3v) is 4.36. The van der Waals surface area contributed by atoms with Gasteiger partial charge in [-0.05, 0) is 43.2 Å². The Morgan fingerprint density at radius 1 is 1.27 bits per heavy atom. The van der Waals surface area contributed by atoms with Crippen LogP contribution >= 0.6 is 0 Å².